The van der Waals surface area contributed by atoms with Gasteiger partial charge in [0.15, 0.2) is 11.5 Å². The maximum absolute atomic E-state index is 12.3. The Morgan fingerprint density at radius 1 is 1.33 bits per heavy atom. The van der Waals surface area contributed by atoms with Gasteiger partial charge in [-0.05, 0) is 31.4 Å². The Kier molecular flexibility index (Phi) is 4.99. The lowest BCUT2D eigenvalue weighted by Crippen LogP contribution is -2.25. The highest BCUT2D eigenvalue weighted by Crippen LogP contribution is 2.28. The highest BCUT2D eigenvalue weighted by atomic mass is 35.5. The van der Waals surface area contributed by atoms with Gasteiger partial charge >= 0.3 is 0 Å². The number of imidazole rings is 1. The number of carbonyl (C=O) groups excluding carboxylic acids is 1. The van der Waals surface area contributed by atoms with Crippen LogP contribution in [0.2, 0.25) is 5.02 Å². The number of hydrogen-bond acceptors (Lipinski definition) is 4. The maximum Gasteiger partial charge on any atom is 0.253 e. The molecular weight excluding hydrogens is 362 g/mol. The zero-order chi connectivity index (χ0) is 18.8. The number of halogens is 1. The number of benzene rings is 1. The third kappa shape index (κ3) is 3.76. The highest BCUT2D eigenvalue weighted by molar-refractivity contribution is 6.34. The number of carbonyl (C=O) groups is 1. The minimum absolute atomic E-state index is 0.112. The van der Waals surface area contributed by atoms with Crippen LogP contribution in [0.3, 0.4) is 0 Å². The van der Waals surface area contributed by atoms with Crippen molar-refractivity contribution < 1.29 is 4.79 Å². The fourth-order valence-electron chi connectivity index (χ4n) is 2.99. The molecule has 1 saturated carbocycles. The molecule has 1 aliphatic carbocycles. The van der Waals surface area contributed by atoms with Crippen molar-refractivity contribution in [2.75, 3.05) is 11.9 Å². The largest absolute Gasteiger partial charge is 0.367 e. The summed E-state index contributed by atoms with van der Waals surface area (Å²) in [5.74, 6) is 0.655. The van der Waals surface area contributed by atoms with Gasteiger partial charge in [-0.25, -0.2) is 9.97 Å². The quantitative estimate of drug-likeness (QED) is 0.601. The summed E-state index contributed by atoms with van der Waals surface area (Å²) in [5.41, 5.74) is 3.09. The van der Waals surface area contributed by atoms with Gasteiger partial charge in [0.05, 0.1) is 22.5 Å². The van der Waals surface area contributed by atoms with E-state index in [2.05, 4.69) is 27.5 Å². The number of fused-ring (bicyclic) bond motifs is 1. The summed E-state index contributed by atoms with van der Waals surface area (Å²) < 4.78 is 1.98. The van der Waals surface area contributed by atoms with Gasteiger partial charge in [-0.1, -0.05) is 31.0 Å². The van der Waals surface area contributed by atoms with Crippen LogP contribution in [0.5, 0.6) is 0 Å². The lowest BCUT2D eigenvalue weighted by molar-refractivity contribution is 0.0951. The first kappa shape index (κ1) is 17.8. The van der Waals surface area contributed by atoms with E-state index >= 15 is 0 Å². The molecule has 1 amide bonds. The molecule has 7 heteroatoms. The van der Waals surface area contributed by atoms with Crippen molar-refractivity contribution in [3.63, 3.8) is 0 Å². The van der Waals surface area contributed by atoms with E-state index in [0.29, 0.717) is 16.6 Å². The molecule has 27 heavy (non-hydrogen) atoms. The topological polar surface area (TPSA) is 71.3 Å². The minimum Gasteiger partial charge on any atom is -0.367 e. The number of anilines is 1. The molecule has 1 aliphatic rings. The number of hydrogen-bond donors (Lipinski definition) is 2. The summed E-state index contributed by atoms with van der Waals surface area (Å²) in [6.07, 6.45) is 9.73. The van der Waals surface area contributed by atoms with Gasteiger partial charge < -0.3 is 10.6 Å². The van der Waals surface area contributed by atoms with Crippen molar-refractivity contribution in [3.8, 4) is 11.3 Å². The average molecular weight is 384 g/mol. The Morgan fingerprint density at radius 2 is 2.19 bits per heavy atom. The number of nitrogens with zero attached hydrogens (tertiary/aromatic N) is 3. The predicted molar refractivity (Wildman–Crippen MR) is 107 cm³/mol. The first-order valence-electron chi connectivity index (χ1n) is 9.34. The molecular formula is C20H22ClN5O. The second-order valence-electron chi connectivity index (χ2n) is 6.84. The van der Waals surface area contributed by atoms with Crippen LogP contribution in [-0.2, 0) is 0 Å². The normalized spacial score (nSPS) is 13.7. The molecule has 0 bridgehead atoms. The van der Waals surface area contributed by atoms with Gasteiger partial charge in [-0.2, -0.15) is 0 Å². The third-order valence-electron chi connectivity index (χ3n) is 4.67. The lowest BCUT2D eigenvalue weighted by Gasteiger charge is -2.09. The zero-order valence-electron chi connectivity index (χ0n) is 15.2. The summed E-state index contributed by atoms with van der Waals surface area (Å²) in [6, 6.07) is 5.80. The average Bonchev–Trinajstić information content (AvgIpc) is 3.37. The van der Waals surface area contributed by atoms with Crippen molar-refractivity contribution in [1.82, 2.24) is 19.7 Å². The van der Waals surface area contributed by atoms with Crippen molar-refractivity contribution >= 4 is 29.0 Å². The van der Waals surface area contributed by atoms with Gasteiger partial charge in [-0.3, -0.25) is 9.20 Å². The molecule has 2 N–H and O–H groups in total. The molecule has 2 aromatic heterocycles. The van der Waals surface area contributed by atoms with Crippen LogP contribution in [-0.4, -0.2) is 32.9 Å². The SMILES string of the molecule is CCCCNc1nccn2c(-c3ccc(C(=O)NC4CC4)c(Cl)c3)cnc12. The molecule has 1 aromatic carbocycles. The molecule has 1 fully saturated rings. The minimum atomic E-state index is -0.112. The molecule has 2 heterocycles. The smallest absolute Gasteiger partial charge is 0.253 e. The van der Waals surface area contributed by atoms with E-state index in [1.165, 1.54) is 0 Å². The Labute approximate surface area is 163 Å². The summed E-state index contributed by atoms with van der Waals surface area (Å²) in [5, 5.41) is 6.75. The summed E-state index contributed by atoms with van der Waals surface area (Å²) in [4.78, 5) is 21.2. The monoisotopic (exact) mass is 383 g/mol. The van der Waals surface area contributed by atoms with Crippen molar-refractivity contribution in [1.29, 1.82) is 0 Å². The highest BCUT2D eigenvalue weighted by Gasteiger charge is 2.24. The van der Waals surface area contributed by atoms with Gasteiger partial charge in [0.1, 0.15) is 0 Å². The molecule has 0 atom stereocenters. The fourth-order valence-corrected chi connectivity index (χ4v) is 3.26. The molecule has 0 saturated heterocycles. The molecule has 0 spiro atoms. The summed E-state index contributed by atoms with van der Waals surface area (Å²) in [7, 11) is 0. The van der Waals surface area contributed by atoms with Crippen LogP contribution in [0, 0.1) is 0 Å². The lowest BCUT2D eigenvalue weighted by atomic mass is 10.1. The Bertz CT molecular complexity index is 980. The first-order valence-corrected chi connectivity index (χ1v) is 9.72. The number of rotatable bonds is 7. The third-order valence-corrected chi connectivity index (χ3v) is 4.99. The molecule has 3 aromatic rings. The second-order valence-corrected chi connectivity index (χ2v) is 7.24. The summed E-state index contributed by atoms with van der Waals surface area (Å²) >= 11 is 6.40. The van der Waals surface area contributed by atoms with E-state index in [1.54, 1.807) is 18.5 Å². The summed E-state index contributed by atoms with van der Waals surface area (Å²) in [6.45, 7) is 3.02. The number of unbranched alkanes of at least 4 members (excludes halogenated alkanes) is 1. The Balaban J connectivity index is 1.63. The first-order chi connectivity index (χ1) is 13.2. The van der Waals surface area contributed by atoms with E-state index < -0.39 is 0 Å². The molecule has 140 valence electrons. The van der Waals surface area contributed by atoms with Crippen molar-refractivity contribution in [2.24, 2.45) is 0 Å². The van der Waals surface area contributed by atoms with E-state index in [4.69, 9.17) is 11.6 Å². The number of aromatic nitrogens is 3. The second kappa shape index (κ2) is 7.56. The zero-order valence-corrected chi connectivity index (χ0v) is 16.0. The molecule has 0 aliphatic heterocycles. The van der Waals surface area contributed by atoms with E-state index in [1.807, 2.05) is 22.7 Å². The molecule has 4 rings (SSSR count). The van der Waals surface area contributed by atoms with Crippen LogP contribution in [0.4, 0.5) is 5.82 Å². The van der Waals surface area contributed by atoms with Gasteiger partial charge in [0.25, 0.3) is 5.91 Å². The number of nitrogens with one attached hydrogen (secondary N) is 2. The van der Waals surface area contributed by atoms with Gasteiger partial charge in [0.2, 0.25) is 0 Å². The van der Waals surface area contributed by atoms with E-state index in [9.17, 15) is 4.79 Å². The van der Waals surface area contributed by atoms with Crippen LogP contribution < -0.4 is 10.6 Å². The van der Waals surface area contributed by atoms with Crippen molar-refractivity contribution in [2.45, 2.75) is 38.6 Å². The Morgan fingerprint density at radius 3 is 2.93 bits per heavy atom. The van der Waals surface area contributed by atoms with Crippen LogP contribution in [0.25, 0.3) is 16.9 Å². The Hall–Kier alpha value is -2.60. The van der Waals surface area contributed by atoms with Gasteiger partial charge in [0, 0.05) is 30.5 Å². The molecule has 0 radical (unpaired) electrons. The molecule has 0 unspecified atom stereocenters. The van der Waals surface area contributed by atoms with Crippen LogP contribution in [0.1, 0.15) is 43.0 Å². The fraction of sp³-hybridized carbons (Fsp3) is 0.350. The van der Waals surface area contributed by atoms with E-state index in [0.717, 1.165) is 55.0 Å². The van der Waals surface area contributed by atoms with Crippen LogP contribution >= 0.6 is 11.6 Å². The van der Waals surface area contributed by atoms with E-state index in [-0.39, 0.29) is 5.91 Å². The predicted octanol–water partition coefficient (Wildman–Crippen LogP) is 4.15. The van der Waals surface area contributed by atoms with Gasteiger partial charge in [-0.15, -0.1) is 0 Å². The van der Waals surface area contributed by atoms with Crippen molar-refractivity contribution in [3.05, 3.63) is 47.4 Å². The van der Waals surface area contributed by atoms with Crippen LogP contribution in [0.15, 0.2) is 36.8 Å². The molecule has 6 nitrogen and oxygen atoms in total. The standard InChI is InChI=1S/C20H22ClN5O/c1-2-3-8-22-18-19-24-12-17(26(19)10-9-23-18)13-4-7-15(16(21)11-13)20(27)25-14-5-6-14/h4,7,9-12,14H,2-3,5-6,8H2,1H3,(H,22,23)(H,25,27). The maximum atomic E-state index is 12.3. The number of amides is 1.